The zero-order valence-corrected chi connectivity index (χ0v) is 15.7. The molecule has 2 N–H and O–H groups in total. The summed E-state index contributed by atoms with van der Waals surface area (Å²) >= 11 is 0. The summed E-state index contributed by atoms with van der Waals surface area (Å²) in [5.41, 5.74) is 7.37. The van der Waals surface area contributed by atoms with E-state index in [4.69, 9.17) is 0 Å². The third kappa shape index (κ3) is 3.12. The molecule has 0 atom stereocenters. The normalized spacial score (nSPS) is 11.1. The first-order valence-corrected chi connectivity index (χ1v) is 8.96. The van der Waals surface area contributed by atoms with Crippen LogP contribution in [0.2, 0.25) is 0 Å². The van der Waals surface area contributed by atoms with Gasteiger partial charge in [-0.25, -0.2) is 4.98 Å². The minimum absolute atomic E-state index is 0.129. The van der Waals surface area contributed by atoms with E-state index in [1.54, 1.807) is 17.1 Å². The van der Waals surface area contributed by atoms with E-state index in [2.05, 4.69) is 53.4 Å². The maximum atomic E-state index is 12.4. The van der Waals surface area contributed by atoms with Gasteiger partial charge in [0, 0.05) is 24.7 Å². The average molecular weight is 358 g/mol. The molecule has 1 amide bonds. The summed E-state index contributed by atoms with van der Waals surface area (Å²) in [6, 6.07) is 14.6. The molecule has 0 saturated carbocycles. The molecule has 4 aromatic rings. The van der Waals surface area contributed by atoms with Crippen molar-refractivity contribution in [3.05, 3.63) is 77.4 Å². The van der Waals surface area contributed by atoms with E-state index in [1.807, 2.05) is 25.2 Å². The number of rotatable bonds is 4. The number of nitrogens with one attached hydrogen (secondary N) is 2. The molecule has 0 unspecified atom stereocenters. The van der Waals surface area contributed by atoms with Crippen molar-refractivity contribution in [2.45, 2.75) is 20.4 Å². The molecule has 27 heavy (non-hydrogen) atoms. The smallest absolute Gasteiger partial charge is 0.269 e. The molecular formula is C22H22N4O. The first-order chi connectivity index (χ1) is 13.0. The van der Waals surface area contributed by atoms with Gasteiger partial charge in [0.2, 0.25) is 0 Å². The number of H-pyrrole nitrogens is 1. The number of hydrogen-bond donors (Lipinski definition) is 2. The maximum Gasteiger partial charge on any atom is 0.269 e. The lowest BCUT2D eigenvalue weighted by molar-refractivity contribution is 0.0943. The zero-order chi connectivity index (χ0) is 19.0. The Kier molecular flexibility index (Phi) is 4.28. The standard InChI is InChI=1S/C22H22N4O/c1-14-9-17(11-24-22(27)19-12-23-13-26(19)3)21-18(10-14)15(2)20(25-21)16-7-5-4-6-8-16/h4-10,12-13,25H,11H2,1-3H3,(H,24,27). The maximum absolute atomic E-state index is 12.4. The first kappa shape index (κ1) is 17.1. The number of amides is 1. The fourth-order valence-electron chi connectivity index (χ4n) is 3.53. The number of aromatic amines is 1. The van der Waals surface area contributed by atoms with Crippen LogP contribution in [0.3, 0.4) is 0 Å². The summed E-state index contributed by atoms with van der Waals surface area (Å²) in [7, 11) is 1.81. The molecule has 0 spiro atoms. The molecule has 2 aromatic heterocycles. The second-order valence-electron chi connectivity index (χ2n) is 6.91. The van der Waals surface area contributed by atoms with E-state index < -0.39 is 0 Å². The lowest BCUT2D eigenvalue weighted by Crippen LogP contribution is -2.24. The van der Waals surface area contributed by atoms with Crippen molar-refractivity contribution >= 4 is 16.8 Å². The second kappa shape index (κ2) is 6.76. The molecule has 5 nitrogen and oxygen atoms in total. The molecule has 0 aliphatic rings. The molecule has 4 rings (SSSR count). The number of hydrogen-bond acceptors (Lipinski definition) is 2. The lowest BCUT2D eigenvalue weighted by Gasteiger charge is -2.08. The number of nitrogens with zero attached hydrogens (tertiary/aromatic N) is 2. The van der Waals surface area contributed by atoms with Crippen LogP contribution in [0.4, 0.5) is 0 Å². The summed E-state index contributed by atoms with van der Waals surface area (Å²) in [6.07, 6.45) is 3.20. The third-order valence-corrected chi connectivity index (χ3v) is 4.94. The third-order valence-electron chi connectivity index (χ3n) is 4.94. The zero-order valence-electron chi connectivity index (χ0n) is 15.7. The van der Waals surface area contributed by atoms with Gasteiger partial charge in [-0.05, 0) is 36.6 Å². The van der Waals surface area contributed by atoms with E-state index in [-0.39, 0.29) is 5.91 Å². The predicted molar refractivity (Wildman–Crippen MR) is 108 cm³/mol. The van der Waals surface area contributed by atoms with Gasteiger partial charge in [0.05, 0.1) is 18.0 Å². The van der Waals surface area contributed by atoms with Gasteiger partial charge in [0.1, 0.15) is 5.69 Å². The minimum atomic E-state index is -0.129. The fraction of sp³-hybridized carbons (Fsp3) is 0.182. The highest BCUT2D eigenvalue weighted by molar-refractivity contribution is 5.94. The number of carbonyl (C=O) groups excluding carboxylic acids is 1. The molecule has 0 bridgehead atoms. The van der Waals surface area contributed by atoms with Gasteiger partial charge >= 0.3 is 0 Å². The summed E-state index contributed by atoms with van der Waals surface area (Å²) in [4.78, 5) is 20.0. The molecule has 0 radical (unpaired) electrons. The molecule has 0 saturated heterocycles. The summed E-state index contributed by atoms with van der Waals surface area (Å²) < 4.78 is 1.72. The van der Waals surface area contributed by atoms with Crippen molar-refractivity contribution in [1.82, 2.24) is 19.9 Å². The summed E-state index contributed by atoms with van der Waals surface area (Å²) in [5, 5.41) is 4.20. The number of carbonyl (C=O) groups is 1. The second-order valence-corrected chi connectivity index (χ2v) is 6.91. The van der Waals surface area contributed by atoms with Gasteiger partial charge in [-0.15, -0.1) is 0 Å². The highest BCUT2D eigenvalue weighted by Crippen LogP contribution is 2.32. The fourth-order valence-corrected chi connectivity index (χ4v) is 3.53. The summed E-state index contributed by atoms with van der Waals surface area (Å²) in [6.45, 7) is 4.68. The first-order valence-electron chi connectivity index (χ1n) is 8.96. The van der Waals surface area contributed by atoms with Crippen LogP contribution in [0.5, 0.6) is 0 Å². The highest BCUT2D eigenvalue weighted by atomic mass is 16.1. The average Bonchev–Trinajstić information content (AvgIpc) is 3.24. The van der Waals surface area contributed by atoms with Crippen LogP contribution in [0.15, 0.2) is 55.0 Å². The van der Waals surface area contributed by atoms with E-state index in [0.29, 0.717) is 12.2 Å². The van der Waals surface area contributed by atoms with Gasteiger partial charge in [0.15, 0.2) is 0 Å². The quantitative estimate of drug-likeness (QED) is 0.576. The molecule has 136 valence electrons. The van der Waals surface area contributed by atoms with Crippen molar-refractivity contribution < 1.29 is 4.79 Å². The highest BCUT2D eigenvalue weighted by Gasteiger charge is 2.15. The Bertz CT molecular complexity index is 1120. The van der Waals surface area contributed by atoms with Crippen LogP contribution < -0.4 is 5.32 Å². The number of benzene rings is 2. The van der Waals surface area contributed by atoms with Gasteiger partial charge in [0.25, 0.3) is 5.91 Å². The minimum Gasteiger partial charge on any atom is -0.354 e. The molecule has 0 aliphatic carbocycles. The monoisotopic (exact) mass is 358 g/mol. The van der Waals surface area contributed by atoms with Gasteiger partial charge in [-0.2, -0.15) is 0 Å². The van der Waals surface area contributed by atoms with E-state index in [0.717, 1.165) is 22.3 Å². The topological polar surface area (TPSA) is 62.7 Å². The largest absolute Gasteiger partial charge is 0.354 e. The molecule has 0 fully saturated rings. The van der Waals surface area contributed by atoms with Crippen LogP contribution >= 0.6 is 0 Å². The Morgan fingerprint density at radius 3 is 2.67 bits per heavy atom. The number of aromatic nitrogens is 3. The number of aryl methyl sites for hydroxylation is 3. The van der Waals surface area contributed by atoms with E-state index in [1.165, 1.54) is 16.5 Å². The van der Waals surface area contributed by atoms with Crippen molar-refractivity contribution in [2.75, 3.05) is 0 Å². The molecule has 2 aromatic carbocycles. The Labute approximate surface area is 158 Å². The number of fused-ring (bicyclic) bond motifs is 1. The molecule has 5 heteroatoms. The van der Waals surface area contributed by atoms with Gasteiger partial charge in [-0.1, -0.05) is 42.0 Å². The van der Waals surface area contributed by atoms with Crippen LogP contribution in [-0.4, -0.2) is 20.4 Å². The Morgan fingerprint density at radius 1 is 1.19 bits per heavy atom. The Balaban J connectivity index is 1.71. The van der Waals surface area contributed by atoms with Gasteiger partial charge < -0.3 is 14.9 Å². The van der Waals surface area contributed by atoms with Crippen LogP contribution in [0, 0.1) is 13.8 Å². The van der Waals surface area contributed by atoms with Crippen molar-refractivity contribution in [2.24, 2.45) is 7.05 Å². The van der Waals surface area contributed by atoms with Crippen molar-refractivity contribution in [3.63, 3.8) is 0 Å². The van der Waals surface area contributed by atoms with E-state index in [9.17, 15) is 4.79 Å². The molecule has 0 aliphatic heterocycles. The summed E-state index contributed by atoms with van der Waals surface area (Å²) in [5.74, 6) is -0.129. The SMILES string of the molecule is Cc1cc(CNC(=O)c2cncn2C)c2[nH]c(-c3ccccc3)c(C)c2c1. The predicted octanol–water partition coefficient (Wildman–Crippen LogP) is 4.12. The van der Waals surface area contributed by atoms with Crippen LogP contribution in [0.25, 0.3) is 22.2 Å². The Hall–Kier alpha value is -3.34. The Morgan fingerprint density at radius 2 is 1.96 bits per heavy atom. The van der Waals surface area contributed by atoms with Gasteiger partial charge in [-0.3, -0.25) is 4.79 Å². The molecular weight excluding hydrogens is 336 g/mol. The van der Waals surface area contributed by atoms with Crippen LogP contribution in [0.1, 0.15) is 27.2 Å². The molecule has 2 heterocycles. The number of imidazole rings is 1. The lowest BCUT2D eigenvalue weighted by atomic mass is 10.0. The van der Waals surface area contributed by atoms with Crippen molar-refractivity contribution in [1.29, 1.82) is 0 Å². The van der Waals surface area contributed by atoms with E-state index >= 15 is 0 Å². The van der Waals surface area contributed by atoms with Crippen LogP contribution in [-0.2, 0) is 13.6 Å². The van der Waals surface area contributed by atoms with Crippen molar-refractivity contribution in [3.8, 4) is 11.3 Å².